The molecular formula is C19H34N4O4. The van der Waals surface area contributed by atoms with Crippen LogP contribution in [0.5, 0.6) is 0 Å². The van der Waals surface area contributed by atoms with Gasteiger partial charge in [0, 0.05) is 45.9 Å². The van der Waals surface area contributed by atoms with E-state index in [0.29, 0.717) is 50.4 Å². The van der Waals surface area contributed by atoms with Crippen LogP contribution < -0.4 is 5.32 Å². The summed E-state index contributed by atoms with van der Waals surface area (Å²) in [6, 6.07) is 0. The number of aromatic nitrogens is 1. The van der Waals surface area contributed by atoms with Crippen LogP contribution in [-0.4, -0.2) is 84.4 Å². The average Bonchev–Trinajstić information content (AvgIpc) is 3.14. The minimum absolute atomic E-state index is 0.182. The zero-order chi connectivity index (χ0) is 19.6. The molecule has 8 nitrogen and oxygen atoms in total. The molecule has 2 atom stereocenters. The van der Waals surface area contributed by atoms with Gasteiger partial charge >= 0.3 is 0 Å². The molecule has 8 heteroatoms. The summed E-state index contributed by atoms with van der Waals surface area (Å²) in [4.78, 5) is 20.9. The molecule has 0 radical (unpaired) electrons. The van der Waals surface area contributed by atoms with Gasteiger partial charge < -0.3 is 19.6 Å². The second-order valence-electron chi connectivity index (χ2n) is 7.24. The summed E-state index contributed by atoms with van der Waals surface area (Å²) in [6.45, 7) is 12.5. The van der Waals surface area contributed by atoms with Crippen molar-refractivity contribution in [3.05, 3.63) is 17.8 Å². The molecule has 1 saturated heterocycles. The Morgan fingerprint density at radius 1 is 1.33 bits per heavy atom. The number of aliphatic hydroxyl groups is 1. The molecule has 1 aromatic rings. The van der Waals surface area contributed by atoms with E-state index in [2.05, 4.69) is 33.9 Å². The lowest BCUT2D eigenvalue weighted by atomic mass is 10.1. The Morgan fingerprint density at radius 3 is 2.70 bits per heavy atom. The number of aliphatic hydroxyl groups excluding tert-OH is 1. The Hall–Kier alpha value is -1.48. The summed E-state index contributed by atoms with van der Waals surface area (Å²) in [5, 5.41) is 12.8. The van der Waals surface area contributed by atoms with E-state index in [1.807, 2.05) is 6.92 Å². The van der Waals surface area contributed by atoms with Crippen LogP contribution in [0.2, 0.25) is 0 Å². The van der Waals surface area contributed by atoms with Gasteiger partial charge in [0.1, 0.15) is 6.26 Å². The minimum Gasteiger partial charge on any atom is -0.447 e. The molecular weight excluding hydrogens is 348 g/mol. The highest BCUT2D eigenvalue weighted by molar-refractivity contribution is 5.91. The van der Waals surface area contributed by atoms with E-state index in [9.17, 15) is 9.90 Å². The fourth-order valence-corrected chi connectivity index (χ4v) is 2.92. The normalized spacial score (nSPS) is 18.4. The van der Waals surface area contributed by atoms with Gasteiger partial charge in [-0.15, -0.1) is 0 Å². The highest BCUT2D eigenvalue weighted by Gasteiger charge is 2.21. The quantitative estimate of drug-likeness (QED) is 0.589. The van der Waals surface area contributed by atoms with Crippen molar-refractivity contribution >= 4 is 5.91 Å². The number of piperazine rings is 1. The largest absolute Gasteiger partial charge is 0.447 e. The first-order chi connectivity index (χ1) is 13.0. The molecule has 1 aliphatic rings. The Morgan fingerprint density at radius 2 is 2.04 bits per heavy atom. The van der Waals surface area contributed by atoms with E-state index in [4.69, 9.17) is 9.15 Å². The molecule has 27 heavy (non-hydrogen) atoms. The van der Waals surface area contributed by atoms with Crippen molar-refractivity contribution in [1.82, 2.24) is 20.1 Å². The molecule has 2 rings (SSSR count). The van der Waals surface area contributed by atoms with Gasteiger partial charge in [-0.25, -0.2) is 4.98 Å². The summed E-state index contributed by atoms with van der Waals surface area (Å²) in [5.74, 6) is 0.829. The second-order valence-corrected chi connectivity index (χ2v) is 7.24. The van der Waals surface area contributed by atoms with Crippen LogP contribution in [-0.2, 0) is 11.3 Å². The number of hydrogen-bond donors (Lipinski definition) is 2. The third-order valence-electron chi connectivity index (χ3n) is 4.90. The SMILES string of the molecule is CCOCC(O)CN1CCN(Cc2nc(C(=O)NCC(C)CC)co2)CC1. The standard InChI is InChI=1S/C19H34N4O4/c1-4-15(3)10-20-19(25)17-14-27-18(21-17)12-23-8-6-22(7-9-23)11-16(24)13-26-5-2/h14-16,24H,4-13H2,1-3H3,(H,20,25). The van der Waals surface area contributed by atoms with Gasteiger partial charge in [-0.2, -0.15) is 0 Å². The van der Waals surface area contributed by atoms with E-state index in [-0.39, 0.29) is 5.91 Å². The summed E-state index contributed by atoms with van der Waals surface area (Å²) in [7, 11) is 0. The highest BCUT2D eigenvalue weighted by atomic mass is 16.5. The van der Waals surface area contributed by atoms with Gasteiger partial charge in [0.25, 0.3) is 5.91 Å². The van der Waals surface area contributed by atoms with E-state index in [1.54, 1.807) is 0 Å². The Balaban J connectivity index is 1.71. The third-order valence-corrected chi connectivity index (χ3v) is 4.90. The minimum atomic E-state index is -0.445. The van der Waals surface area contributed by atoms with Crippen LogP contribution in [0.4, 0.5) is 0 Å². The summed E-state index contributed by atoms with van der Waals surface area (Å²) in [6.07, 6.45) is 2.01. The number of nitrogens with one attached hydrogen (secondary N) is 1. The number of carbonyl (C=O) groups is 1. The maximum absolute atomic E-state index is 12.1. The van der Waals surface area contributed by atoms with Crippen LogP contribution in [0.3, 0.4) is 0 Å². The first-order valence-corrected chi connectivity index (χ1v) is 9.94. The molecule has 2 N–H and O–H groups in total. The monoisotopic (exact) mass is 382 g/mol. The van der Waals surface area contributed by atoms with Gasteiger partial charge in [0.05, 0.1) is 19.3 Å². The molecule has 0 bridgehead atoms. The first-order valence-electron chi connectivity index (χ1n) is 9.94. The summed E-state index contributed by atoms with van der Waals surface area (Å²) < 4.78 is 10.7. The second kappa shape index (κ2) is 11.4. The van der Waals surface area contributed by atoms with Gasteiger partial charge in [-0.05, 0) is 12.8 Å². The van der Waals surface area contributed by atoms with Crippen molar-refractivity contribution in [3.8, 4) is 0 Å². The molecule has 0 aromatic carbocycles. The maximum Gasteiger partial charge on any atom is 0.273 e. The highest BCUT2D eigenvalue weighted by Crippen LogP contribution is 2.10. The van der Waals surface area contributed by atoms with Gasteiger partial charge in [0.2, 0.25) is 5.89 Å². The van der Waals surface area contributed by atoms with Crippen LogP contribution in [0.25, 0.3) is 0 Å². The zero-order valence-corrected chi connectivity index (χ0v) is 16.8. The van der Waals surface area contributed by atoms with Crippen LogP contribution in [0, 0.1) is 5.92 Å². The van der Waals surface area contributed by atoms with Gasteiger partial charge in [-0.1, -0.05) is 20.3 Å². The number of oxazole rings is 1. The Kier molecular flexibility index (Phi) is 9.20. The zero-order valence-electron chi connectivity index (χ0n) is 16.8. The van der Waals surface area contributed by atoms with Crippen molar-refractivity contribution in [1.29, 1.82) is 0 Å². The number of nitrogens with zero attached hydrogens (tertiary/aromatic N) is 3. The Bertz CT molecular complexity index is 558. The topological polar surface area (TPSA) is 91.1 Å². The average molecular weight is 383 g/mol. The summed E-state index contributed by atoms with van der Waals surface area (Å²) >= 11 is 0. The van der Waals surface area contributed by atoms with Crippen molar-refractivity contribution in [2.24, 2.45) is 5.92 Å². The smallest absolute Gasteiger partial charge is 0.273 e. The lowest BCUT2D eigenvalue weighted by Gasteiger charge is -2.34. The van der Waals surface area contributed by atoms with Crippen molar-refractivity contribution in [3.63, 3.8) is 0 Å². The number of hydrogen-bond acceptors (Lipinski definition) is 7. The van der Waals surface area contributed by atoms with Crippen molar-refractivity contribution in [2.75, 3.05) is 52.5 Å². The van der Waals surface area contributed by atoms with Crippen LogP contribution >= 0.6 is 0 Å². The fourth-order valence-electron chi connectivity index (χ4n) is 2.92. The molecule has 1 aromatic heterocycles. The number of carbonyl (C=O) groups excluding carboxylic acids is 1. The van der Waals surface area contributed by atoms with Crippen molar-refractivity contribution in [2.45, 2.75) is 39.8 Å². The van der Waals surface area contributed by atoms with Crippen molar-refractivity contribution < 1.29 is 19.1 Å². The van der Waals surface area contributed by atoms with E-state index >= 15 is 0 Å². The molecule has 154 valence electrons. The lowest BCUT2D eigenvalue weighted by molar-refractivity contribution is 0.00949. The molecule has 1 aliphatic heterocycles. The van der Waals surface area contributed by atoms with Gasteiger partial charge in [-0.3, -0.25) is 14.6 Å². The Labute approximate surface area is 161 Å². The molecule has 0 aliphatic carbocycles. The number of amides is 1. The van der Waals surface area contributed by atoms with Crippen LogP contribution in [0.15, 0.2) is 10.7 Å². The lowest BCUT2D eigenvalue weighted by Crippen LogP contribution is -2.48. The molecule has 2 unspecified atom stereocenters. The molecule has 1 amide bonds. The predicted octanol–water partition coefficient (Wildman–Crippen LogP) is 0.966. The van der Waals surface area contributed by atoms with Gasteiger partial charge in [0.15, 0.2) is 5.69 Å². The van der Waals surface area contributed by atoms with E-state index in [1.165, 1.54) is 6.26 Å². The van der Waals surface area contributed by atoms with Crippen LogP contribution in [0.1, 0.15) is 43.6 Å². The third kappa shape index (κ3) is 7.57. The molecule has 0 spiro atoms. The maximum atomic E-state index is 12.1. The van der Waals surface area contributed by atoms with E-state index in [0.717, 1.165) is 32.6 Å². The summed E-state index contributed by atoms with van der Waals surface area (Å²) in [5.41, 5.74) is 0.339. The van der Waals surface area contributed by atoms with E-state index < -0.39 is 6.10 Å². The molecule has 2 heterocycles. The number of rotatable bonds is 11. The number of ether oxygens (including phenoxy) is 1. The molecule has 1 fully saturated rings. The fraction of sp³-hybridized carbons (Fsp3) is 0.789. The first kappa shape index (κ1) is 21.8. The number of β-amino-alcohol motifs (C(OH)–C–C–N with tert-alkyl or cyclic N) is 1. The predicted molar refractivity (Wildman–Crippen MR) is 103 cm³/mol. The molecule has 0 saturated carbocycles.